The van der Waals surface area contributed by atoms with E-state index in [4.69, 9.17) is 4.42 Å². The van der Waals surface area contributed by atoms with Gasteiger partial charge in [-0.15, -0.1) is 22.7 Å². The van der Waals surface area contributed by atoms with Crippen LogP contribution in [0.4, 0.5) is 5.69 Å². The summed E-state index contributed by atoms with van der Waals surface area (Å²) in [5.41, 5.74) is 13.1. The van der Waals surface area contributed by atoms with Gasteiger partial charge in [-0.1, -0.05) is 182 Å². The highest BCUT2D eigenvalue weighted by Gasteiger charge is 2.33. The molecular weight excluding hydrogens is 953 g/mol. The Hall–Kier alpha value is -9.76. The second-order valence-corrected chi connectivity index (χ2v) is 21.3. The van der Waals surface area contributed by atoms with Crippen molar-refractivity contribution in [2.45, 2.75) is 0 Å². The highest BCUT2D eigenvalue weighted by molar-refractivity contribution is 7.27. The molecule has 0 atom stereocenters. The number of benzene rings is 11. The number of hydrogen-bond acceptors (Lipinski definition) is 4. The van der Waals surface area contributed by atoms with Gasteiger partial charge in [0.15, 0.2) is 0 Å². The number of furan rings is 1. The highest BCUT2D eigenvalue weighted by Crippen LogP contribution is 2.55. The lowest BCUT2D eigenvalue weighted by Gasteiger charge is -2.26. The van der Waals surface area contributed by atoms with Crippen LogP contribution in [0.5, 0.6) is 0 Å². The van der Waals surface area contributed by atoms with Crippen LogP contribution in [-0.4, -0.2) is 9.13 Å². The number of aromatic nitrogens is 2. The van der Waals surface area contributed by atoms with Gasteiger partial charge in [0.2, 0.25) is 5.69 Å². The monoisotopic (exact) mass is 988 g/mol. The summed E-state index contributed by atoms with van der Waals surface area (Å²) in [5.74, 6) is 0. The van der Waals surface area contributed by atoms with E-state index in [9.17, 15) is 11.8 Å². The Kier molecular flexibility index (Phi) is 8.85. The third kappa shape index (κ3) is 5.74. The maximum atomic E-state index is 12.2. The summed E-state index contributed by atoms with van der Waals surface area (Å²) in [6.07, 6.45) is 0. The first-order chi connectivity index (χ1) is 37.2. The van der Waals surface area contributed by atoms with E-state index in [1.165, 1.54) is 20.2 Å². The summed E-state index contributed by atoms with van der Waals surface area (Å²) in [5, 5.41) is 23.4. The molecular formula is C68H36N4OS2. The zero-order valence-electron chi connectivity index (χ0n) is 39.8. The Labute approximate surface area is 436 Å². The average Bonchev–Trinajstić information content (AvgIpc) is 4.41. The molecule has 11 aromatic carbocycles. The van der Waals surface area contributed by atoms with Gasteiger partial charge in [-0.3, -0.25) is 0 Å². The molecule has 0 amide bonds. The molecule has 0 bridgehead atoms. The lowest BCUT2D eigenvalue weighted by atomic mass is 9.88. The van der Waals surface area contributed by atoms with Gasteiger partial charge in [0.25, 0.3) is 0 Å². The van der Waals surface area contributed by atoms with Crippen molar-refractivity contribution in [3.05, 3.63) is 235 Å². The van der Waals surface area contributed by atoms with Crippen LogP contribution >= 0.6 is 22.7 Å². The molecule has 5 aromatic heterocycles. The van der Waals surface area contributed by atoms with Crippen molar-refractivity contribution in [1.82, 2.24) is 9.13 Å². The fourth-order valence-corrected chi connectivity index (χ4v) is 14.9. The predicted octanol–water partition coefficient (Wildman–Crippen LogP) is 19.9. The minimum atomic E-state index is 0.399. The van der Waals surface area contributed by atoms with E-state index in [0.717, 1.165) is 119 Å². The number of hydrogen-bond donors (Lipinski definition) is 0. The van der Waals surface area contributed by atoms with Gasteiger partial charge in [-0.25, -0.2) is 4.85 Å². The first-order valence-corrected chi connectivity index (χ1v) is 26.6. The van der Waals surface area contributed by atoms with Crippen molar-refractivity contribution in [2.24, 2.45) is 0 Å². The van der Waals surface area contributed by atoms with Crippen LogP contribution in [0, 0.1) is 17.9 Å². The van der Waals surface area contributed by atoms with Gasteiger partial charge < -0.3 is 13.6 Å². The van der Waals surface area contributed by atoms with Crippen LogP contribution in [0.2, 0.25) is 0 Å². The van der Waals surface area contributed by atoms with Crippen molar-refractivity contribution in [3.8, 4) is 50.8 Å². The molecule has 0 aliphatic rings. The van der Waals surface area contributed by atoms with Gasteiger partial charge in [-0.2, -0.15) is 5.26 Å². The standard InChI is InChI=1S/C68H36N4OS2/c1-70-62-58(39-18-4-2-5-19-39)51(38-69)63(72-64-45(34-36-47-41-22-10-14-32-56(41)74-67(47)64)46-35-37-48-42-23-11-15-33-57(42)75-68(48)65(46)72)59(40-20-6-3-7-21-40)66(62)71-52-28-12-8-24-49(52)60-43(26-16-29-53(60)71)44-27-17-31-55-61(44)50-25-9-13-30-54(50)73-55/h2-37H. The van der Waals surface area contributed by atoms with Gasteiger partial charge in [-0.05, 0) is 58.7 Å². The molecule has 346 valence electrons. The highest BCUT2D eigenvalue weighted by atomic mass is 32.1. The smallest absolute Gasteiger partial charge is 0.220 e. The first-order valence-electron chi connectivity index (χ1n) is 24.9. The normalized spacial score (nSPS) is 12.0. The molecule has 0 unspecified atom stereocenters. The minimum Gasteiger partial charge on any atom is -0.456 e. The summed E-state index contributed by atoms with van der Waals surface area (Å²) >= 11 is 3.59. The van der Waals surface area contributed by atoms with Crippen LogP contribution in [0.25, 0.3) is 155 Å². The van der Waals surface area contributed by atoms with Crippen molar-refractivity contribution in [3.63, 3.8) is 0 Å². The van der Waals surface area contributed by atoms with Crippen LogP contribution in [0.15, 0.2) is 223 Å². The summed E-state index contributed by atoms with van der Waals surface area (Å²) in [7, 11) is 0. The topological polar surface area (TPSA) is 51.1 Å². The summed E-state index contributed by atoms with van der Waals surface area (Å²) in [4.78, 5) is 4.63. The number of nitriles is 1. The Bertz CT molecular complexity index is 5080. The third-order valence-corrected chi connectivity index (χ3v) is 17.8. The number of thiophene rings is 2. The largest absolute Gasteiger partial charge is 0.456 e. The lowest BCUT2D eigenvalue weighted by molar-refractivity contribution is 0.669. The quantitative estimate of drug-likeness (QED) is 0.161. The second-order valence-electron chi connectivity index (χ2n) is 19.2. The Morgan fingerprint density at radius 1 is 0.413 bits per heavy atom. The maximum absolute atomic E-state index is 12.2. The summed E-state index contributed by atoms with van der Waals surface area (Å²) in [6, 6.07) is 79.5. The number of nitrogens with zero attached hydrogens (tertiary/aromatic N) is 4. The average molecular weight is 989 g/mol. The molecule has 0 fully saturated rings. The van der Waals surface area contributed by atoms with Crippen molar-refractivity contribution in [1.29, 1.82) is 5.26 Å². The fraction of sp³-hybridized carbons (Fsp3) is 0. The molecule has 0 saturated carbocycles. The van der Waals surface area contributed by atoms with E-state index in [1.54, 1.807) is 22.7 Å². The van der Waals surface area contributed by atoms with E-state index >= 15 is 0 Å². The number of para-hydroxylation sites is 2. The first kappa shape index (κ1) is 41.8. The molecule has 5 heterocycles. The molecule has 0 radical (unpaired) electrons. The SMILES string of the molecule is [C-]#[N+]c1c(-c2ccccc2)c(C#N)c(-n2c3c(ccc4c5ccccc5sc43)c3ccc4c5ccccc5sc4c32)c(-c2ccccc2)c1-n1c2ccccc2c2c(-c3cccc4oc5ccccc5c34)cccc21. The second kappa shape index (κ2) is 15.9. The van der Waals surface area contributed by atoms with E-state index in [0.29, 0.717) is 22.5 Å². The molecule has 75 heavy (non-hydrogen) atoms. The Balaban J connectivity index is 1.17. The van der Waals surface area contributed by atoms with Crippen molar-refractivity contribution in [2.75, 3.05) is 0 Å². The van der Waals surface area contributed by atoms with E-state index in [2.05, 4.69) is 184 Å². The van der Waals surface area contributed by atoms with Gasteiger partial charge in [0.05, 0.1) is 55.0 Å². The van der Waals surface area contributed by atoms with Crippen LogP contribution in [0.3, 0.4) is 0 Å². The number of fused-ring (bicyclic) bond motifs is 17. The van der Waals surface area contributed by atoms with Crippen molar-refractivity contribution >= 4 is 134 Å². The molecule has 5 nitrogen and oxygen atoms in total. The zero-order valence-corrected chi connectivity index (χ0v) is 41.4. The summed E-state index contributed by atoms with van der Waals surface area (Å²) in [6.45, 7) is 9.49. The van der Waals surface area contributed by atoms with Gasteiger partial charge in [0, 0.05) is 74.4 Å². The Morgan fingerprint density at radius 3 is 1.56 bits per heavy atom. The number of rotatable bonds is 5. The molecule has 0 aliphatic heterocycles. The molecule has 0 saturated heterocycles. The third-order valence-electron chi connectivity index (χ3n) is 15.4. The van der Waals surface area contributed by atoms with Gasteiger partial charge in [0.1, 0.15) is 17.2 Å². The molecule has 0 spiro atoms. The molecule has 16 rings (SSSR count). The fourth-order valence-electron chi connectivity index (χ4n) is 12.4. The summed E-state index contributed by atoms with van der Waals surface area (Å²) < 4.78 is 15.9. The van der Waals surface area contributed by atoms with E-state index < -0.39 is 0 Å². The van der Waals surface area contributed by atoms with Gasteiger partial charge >= 0.3 is 0 Å². The van der Waals surface area contributed by atoms with E-state index in [-0.39, 0.29) is 0 Å². The van der Waals surface area contributed by atoms with Crippen molar-refractivity contribution < 1.29 is 4.42 Å². The minimum absolute atomic E-state index is 0.399. The van der Waals surface area contributed by atoms with E-state index in [1.807, 2.05) is 54.6 Å². The lowest BCUT2D eigenvalue weighted by Crippen LogP contribution is -2.09. The Morgan fingerprint density at radius 2 is 0.920 bits per heavy atom. The van der Waals surface area contributed by atoms with Crippen LogP contribution in [0.1, 0.15) is 5.56 Å². The zero-order chi connectivity index (χ0) is 49.5. The molecule has 16 aromatic rings. The molecule has 0 aliphatic carbocycles. The van der Waals surface area contributed by atoms with Crippen LogP contribution in [-0.2, 0) is 0 Å². The maximum Gasteiger partial charge on any atom is 0.220 e. The molecule has 0 N–H and O–H groups in total. The molecule has 7 heteroatoms. The van der Waals surface area contributed by atoms with Crippen LogP contribution < -0.4 is 0 Å². The predicted molar refractivity (Wildman–Crippen MR) is 315 cm³/mol.